The lowest BCUT2D eigenvalue weighted by Gasteiger charge is -2.47. The fraction of sp³-hybridized carbons (Fsp3) is 0.714. The molecule has 2 aliphatic heterocycles. The molecule has 0 aromatic heterocycles. The lowest BCUT2D eigenvalue weighted by Crippen LogP contribution is -2.52. The Morgan fingerprint density at radius 1 is 1.16 bits per heavy atom. The van der Waals surface area contributed by atoms with Crippen molar-refractivity contribution in [3.05, 3.63) is 30.3 Å². The van der Waals surface area contributed by atoms with E-state index in [2.05, 4.69) is 40.1 Å². The molecule has 1 unspecified atom stereocenters. The van der Waals surface area contributed by atoms with Crippen molar-refractivity contribution in [2.24, 2.45) is 5.41 Å². The summed E-state index contributed by atoms with van der Waals surface area (Å²) >= 11 is 0. The van der Waals surface area contributed by atoms with Gasteiger partial charge in [-0.3, -0.25) is 4.90 Å². The van der Waals surface area contributed by atoms with Crippen molar-refractivity contribution < 1.29 is 9.84 Å². The van der Waals surface area contributed by atoms with E-state index in [1.807, 2.05) is 0 Å². The molecule has 2 saturated heterocycles. The highest BCUT2D eigenvalue weighted by Crippen LogP contribution is 2.36. The third-order valence-corrected chi connectivity index (χ3v) is 6.18. The summed E-state index contributed by atoms with van der Waals surface area (Å²) in [6.07, 6.45) is 6.97. The molecule has 2 fully saturated rings. The fourth-order valence-corrected chi connectivity index (χ4v) is 4.69. The van der Waals surface area contributed by atoms with Crippen LogP contribution in [0.3, 0.4) is 0 Å². The van der Waals surface area contributed by atoms with E-state index in [-0.39, 0.29) is 5.41 Å². The number of ether oxygens (including phenoxy) is 1. The molecule has 0 saturated carbocycles. The van der Waals surface area contributed by atoms with Crippen LogP contribution in [0.2, 0.25) is 0 Å². The summed E-state index contributed by atoms with van der Waals surface area (Å²) < 4.78 is 5.22. The molecule has 25 heavy (non-hydrogen) atoms. The summed E-state index contributed by atoms with van der Waals surface area (Å²) in [6, 6.07) is 11.4. The second kappa shape index (κ2) is 9.02. The van der Waals surface area contributed by atoms with E-state index in [9.17, 15) is 5.11 Å². The molecular weight excluding hydrogens is 312 g/mol. The standard InChI is InChI=1S/C21H34N2O2/c1-25-16-6-12-21(18-24)11-5-13-23(17-21)20-9-14-22(15-10-20)19-7-3-2-4-8-19/h2-4,7-8,20,24H,5-6,9-18H2,1H3. The fourth-order valence-electron chi connectivity index (χ4n) is 4.69. The van der Waals surface area contributed by atoms with Gasteiger partial charge in [0.15, 0.2) is 0 Å². The molecule has 4 nitrogen and oxygen atoms in total. The third kappa shape index (κ3) is 4.75. The van der Waals surface area contributed by atoms with Crippen molar-refractivity contribution in [1.29, 1.82) is 0 Å². The Kier molecular flexibility index (Phi) is 6.74. The topological polar surface area (TPSA) is 35.9 Å². The molecule has 4 heteroatoms. The van der Waals surface area contributed by atoms with Crippen LogP contribution in [-0.4, -0.2) is 62.6 Å². The number of anilines is 1. The predicted octanol–water partition coefficient (Wildman–Crippen LogP) is 3.16. The number of likely N-dealkylation sites (tertiary alicyclic amines) is 1. The highest BCUT2D eigenvalue weighted by atomic mass is 16.5. The van der Waals surface area contributed by atoms with Gasteiger partial charge in [-0.25, -0.2) is 0 Å². The molecule has 0 radical (unpaired) electrons. The van der Waals surface area contributed by atoms with E-state index in [1.54, 1.807) is 7.11 Å². The van der Waals surface area contributed by atoms with Gasteiger partial charge in [-0.15, -0.1) is 0 Å². The number of methoxy groups -OCH3 is 1. The molecule has 140 valence electrons. The van der Waals surface area contributed by atoms with Crippen molar-refractivity contribution in [2.75, 3.05) is 51.4 Å². The highest BCUT2D eigenvalue weighted by Gasteiger charge is 2.37. The minimum atomic E-state index is 0.0906. The molecule has 0 aliphatic carbocycles. The highest BCUT2D eigenvalue weighted by molar-refractivity contribution is 5.46. The predicted molar refractivity (Wildman–Crippen MR) is 103 cm³/mol. The number of para-hydroxylation sites is 1. The maximum atomic E-state index is 10.1. The number of hydrogen-bond donors (Lipinski definition) is 1. The van der Waals surface area contributed by atoms with Gasteiger partial charge in [-0.2, -0.15) is 0 Å². The van der Waals surface area contributed by atoms with E-state index in [0.29, 0.717) is 12.6 Å². The molecule has 1 aromatic rings. The summed E-state index contributed by atoms with van der Waals surface area (Å²) in [5, 5.41) is 10.1. The first-order chi connectivity index (χ1) is 12.3. The largest absolute Gasteiger partial charge is 0.396 e. The van der Waals surface area contributed by atoms with Crippen LogP contribution in [0.5, 0.6) is 0 Å². The molecule has 0 amide bonds. The van der Waals surface area contributed by atoms with E-state index >= 15 is 0 Å². The molecule has 2 heterocycles. The van der Waals surface area contributed by atoms with E-state index in [0.717, 1.165) is 45.5 Å². The van der Waals surface area contributed by atoms with Gasteiger partial charge in [-0.1, -0.05) is 18.2 Å². The van der Waals surface area contributed by atoms with Crippen molar-refractivity contribution in [3.63, 3.8) is 0 Å². The molecule has 2 aliphatic rings. The van der Waals surface area contributed by atoms with Crippen molar-refractivity contribution >= 4 is 5.69 Å². The number of aliphatic hydroxyl groups is 1. The Labute approximate surface area is 152 Å². The number of piperidine rings is 2. The van der Waals surface area contributed by atoms with Gasteiger partial charge < -0.3 is 14.7 Å². The van der Waals surface area contributed by atoms with Crippen LogP contribution >= 0.6 is 0 Å². The molecule has 0 bridgehead atoms. The number of aliphatic hydroxyl groups excluding tert-OH is 1. The first kappa shape index (κ1) is 18.7. The van der Waals surface area contributed by atoms with Crippen LogP contribution in [0.1, 0.15) is 38.5 Å². The molecule has 1 N–H and O–H groups in total. The Morgan fingerprint density at radius 3 is 2.60 bits per heavy atom. The maximum Gasteiger partial charge on any atom is 0.0499 e. The van der Waals surface area contributed by atoms with Crippen LogP contribution in [0.25, 0.3) is 0 Å². The second-order valence-corrected chi connectivity index (χ2v) is 7.88. The Hall–Kier alpha value is -1.10. The molecule has 0 spiro atoms. The first-order valence-electron chi connectivity index (χ1n) is 9.90. The van der Waals surface area contributed by atoms with E-state index in [4.69, 9.17) is 4.74 Å². The van der Waals surface area contributed by atoms with Crippen LogP contribution < -0.4 is 4.90 Å². The Balaban J connectivity index is 1.54. The van der Waals surface area contributed by atoms with Gasteiger partial charge >= 0.3 is 0 Å². The van der Waals surface area contributed by atoms with Crippen LogP contribution in [0.4, 0.5) is 5.69 Å². The van der Waals surface area contributed by atoms with Crippen LogP contribution in [0.15, 0.2) is 30.3 Å². The second-order valence-electron chi connectivity index (χ2n) is 7.88. The summed E-state index contributed by atoms with van der Waals surface area (Å²) in [5.74, 6) is 0. The van der Waals surface area contributed by atoms with E-state index < -0.39 is 0 Å². The van der Waals surface area contributed by atoms with E-state index in [1.165, 1.54) is 31.5 Å². The zero-order valence-corrected chi connectivity index (χ0v) is 15.7. The minimum absolute atomic E-state index is 0.0906. The SMILES string of the molecule is COCCCC1(CO)CCCN(C2CCN(c3ccccc3)CC2)C1. The first-order valence-corrected chi connectivity index (χ1v) is 9.90. The van der Waals surface area contributed by atoms with Crippen LogP contribution in [-0.2, 0) is 4.74 Å². The maximum absolute atomic E-state index is 10.1. The zero-order valence-electron chi connectivity index (χ0n) is 15.7. The monoisotopic (exact) mass is 346 g/mol. The lowest BCUT2D eigenvalue weighted by atomic mass is 9.76. The molecule has 1 atom stereocenters. The van der Waals surface area contributed by atoms with Crippen LogP contribution in [0, 0.1) is 5.41 Å². The molecular formula is C21H34N2O2. The zero-order chi connectivity index (χ0) is 17.5. The molecule has 1 aromatic carbocycles. The van der Waals surface area contributed by atoms with Gasteiger partial charge in [0, 0.05) is 57.1 Å². The van der Waals surface area contributed by atoms with Gasteiger partial charge in [0.25, 0.3) is 0 Å². The lowest BCUT2D eigenvalue weighted by molar-refractivity contribution is -0.00304. The van der Waals surface area contributed by atoms with Crippen molar-refractivity contribution in [2.45, 2.75) is 44.6 Å². The number of benzene rings is 1. The summed E-state index contributed by atoms with van der Waals surface area (Å²) in [6.45, 7) is 5.65. The summed E-state index contributed by atoms with van der Waals surface area (Å²) in [4.78, 5) is 5.19. The number of hydrogen-bond acceptors (Lipinski definition) is 4. The third-order valence-electron chi connectivity index (χ3n) is 6.18. The molecule has 3 rings (SSSR count). The average Bonchev–Trinajstić information content (AvgIpc) is 2.69. The van der Waals surface area contributed by atoms with Crippen molar-refractivity contribution in [1.82, 2.24) is 4.90 Å². The summed E-state index contributed by atoms with van der Waals surface area (Å²) in [7, 11) is 1.76. The number of rotatable bonds is 7. The van der Waals surface area contributed by atoms with Gasteiger partial charge in [0.1, 0.15) is 0 Å². The quantitative estimate of drug-likeness (QED) is 0.770. The van der Waals surface area contributed by atoms with Crippen molar-refractivity contribution in [3.8, 4) is 0 Å². The summed E-state index contributed by atoms with van der Waals surface area (Å²) in [5.41, 5.74) is 1.44. The normalized spacial score (nSPS) is 26.1. The van der Waals surface area contributed by atoms with Gasteiger partial charge in [0.2, 0.25) is 0 Å². The number of nitrogens with zero attached hydrogens (tertiary/aromatic N) is 2. The van der Waals surface area contributed by atoms with Gasteiger partial charge in [0.05, 0.1) is 0 Å². The average molecular weight is 347 g/mol. The Bertz CT molecular complexity index is 502. The smallest absolute Gasteiger partial charge is 0.0499 e. The van der Waals surface area contributed by atoms with Gasteiger partial charge in [-0.05, 0) is 57.2 Å². The minimum Gasteiger partial charge on any atom is -0.396 e. The Morgan fingerprint density at radius 2 is 1.92 bits per heavy atom.